The Morgan fingerprint density at radius 1 is 1.25 bits per heavy atom. The minimum Gasteiger partial charge on any atom is -0.342 e. The maximum atomic E-state index is 12.5. The average Bonchev–Trinajstić information content (AvgIpc) is 2.98. The Morgan fingerprint density at radius 3 is 2.58 bits per heavy atom. The molecule has 1 aromatic carbocycles. The van der Waals surface area contributed by atoms with Gasteiger partial charge < -0.3 is 10.2 Å². The topological polar surface area (TPSA) is 32.3 Å². The third-order valence-corrected chi connectivity index (χ3v) is 7.31. The summed E-state index contributed by atoms with van der Waals surface area (Å²) in [4.78, 5) is 15.8. The molecular weight excluding hydrogens is 408 g/mol. The molecule has 1 amide bonds. The number of likely N-dealkylation sites (tertiary alicyclic amines) is 1. The molecule has 1 spiro atoms. The second kappa shape index (κ2) is 8.43. The summed E-state index contributed by atoms with van der Waals surface area (Å²) in [5, 5.41) is 3.48. The van der Waals surface area contributed by atoms with Crippen LogP contribution in [0.25, 0.3) is 0 Å². The number of hydrogen-bond donors (Lipinski definition) is 1. The summed E-state index contributed by atoms with van der Waals surface area (Å²) in [5.74, 6) is 0.837. The van der Waals surface area contributed by atoms with Crippen LogP contribution in [0, 0.1) is 19.3 Å². The van der Waals surface area contributed by atoms with Crippen LogP contribution in [0.15, 0.2) is 21.5 Å². The zero-order valence-corrected chi connectivity index (χ0v) is 17.6. The van der Waals surface area contributed by atoms with Crippen LogP contribution in [0.2, 0.25) is 0 Å². The van der Waals surface area contributed by atoms with Crippen LogP contribution in [0.5, 0.6) is 0 Å². The van der Waals surface area contributed by atoms with E-state index in [1.54, 1.807) is 11.8 Å². The van der Waals surface area contributed by atoms with Crippen LogP contribution in [-0.2, 0) is 4.79 Å². The van der Waals surface area contributed by atoms with Gasteiger partial charge in [-0.25, -0.2) is 0 Å². The fourth-order valence-corrected chi connectivity index (χ4v) is 5.06. The van der Waals surface area contributed by atoms with E-state index in [-0.39, 0.29) is 18.3 Å². The summed E-state index contributed by atoms with van der Waals surface area (Å²) in [7, 11) is 0. The second-order valence-electron chi connectivity index (χ2n) is 6.96. The lowest BCUT2D eigenvalue weighted by atomic mass is 9.78. The molecule has 0 unspecified atom stereocenters. The van der Waals surface area contributed by atoms with E-state index in [1.165, 1.54) is 22.4 Å². The highest BCUT2D eigenvalue weighted by atomic mass is 79.9. The van der Waals surface area contributed by atoms with E-state index in [4.69, 9.17) is 0 Å². The Kier molecular flexibility index (Phi) is 7.06. The van der Waals surface area contributed by atoms with Gasteiger partial charge in [0.2, 0.25) is 5.91 Å². The smallest absolute Gasteiger partial charge is 0.232 e. The maximum Gasteiger partial charge on any atom is 0.232 e. The number of aryl methyl sites for hydroxylation is 2. The molecule has 3 rings (SSSR count). The summed E-state index contributed by atoms with van der Waals surface area (Å²) in [6.45, 7) is 8.34. The summed E-state index contributed by atoms with van der Waals surface area (Å²) in [6, 6.07) is 4.31. The quantitative estimate of drug-likeness (QED) is 0.726. The molecular formula is C18H26BrClN2OS. The number of piperidine rings is 1. The van der Waals surface area contributed by atoms with Gasteiger partial charge in [0.1, 0.15) is 0 Å². The van der Waals surface area contributed by atoms with E-state index in [0.29, 0.717) is 11.2 Å². The SMILES string of the molecule is Cc1cc(SCC(=O)N2CCC3(CCNC3)CC2)c(C)cc1Br.Cl. The highest BCUT2D eigenvalue weighted by molar-refractivity contribution is 9.10. The molecule has 0 saturated carbocycles. The molecule has 134 valence electrons. The van der Waals surface area contributed by atoms with Crippen molar-refractivity contribution in [3.05, 3.63) is 27.7 Å². The van der Waals surface area contributed by atoms with Crippen molar-refractivity contribution >= 4 is 46.0 Å². The van der Waals surface area contributed by atoms with Crippen molar-refractivity contribution in [3.8, 4) is 0 Å². The predicted octanol–water partition coefficient (Wildman–Crippen LogP) is 4.18. The van der Waals surface area contributed by atoms with Crippen LogP contribution < -0.4 is 5.32 Å². The standard InChI is InChI=1S/C18H25BrN2OS.ClH/c1-13-10-16(14(2)9-15(13)19)23-11-17(22)21-7-4-18(5-8-21)3-6-20-12-18;/h9-10,20H,3-8,11-12H2,1-2H3;1H. The molecule has 2 aliphatic rings. The lowest BCUT2D eigenvalue weighted by Crippen LogP contribution is -2.44. The van der Waals surface area contributed by atoms with Crippen LogP contribution in [0.1, 0.15) is 30.4 Å². The van der Waals surface area contributed by atoms with Gasteiger partial charge in [0.25, 0.3) is 0 Å². The van der Waals surface area contributed by atoms with Crippen molar-refractivity contribution in [1.29, 1.82) is 0 Å². The second-order valence-corrected chi connectivity index (χ2v) is 8.83. The minimum absolute atomic E-state index is 0. The number of carbonyl (C=O) groups is 1. The number of halogens is 2. The largest absolute Gasteiger partial charge is 0.342 e. The normalized spacial score (nSPS) is 19.4. The molecule has 0 atom stereocenters. The number of nitrogens with zero attached hydrogens (tertiary/aromatic N) is 1. The van der Waals surface area contributed by atoms with Crippen molar-refractivity contribution in [2.24, 2.45) is 5.41 Å². The summed E-state index contributed by atoms with van der Waals surface area (Å²) >= 11 is 5.23. The molecule has 2 aliphatic heterocycles. The van der Waals surface area contributed by atoms with Crippen molar-refractivity contribution < 1.29 is 4.79 Å². The molecule has 2 fully saturated rings. The van der Waals surface area contributed by atoms with Crippen LogP contribution in [-0.4, -0.2) is 42.7 Å². The minimum atomic E-state index is 0. The first-order valence-electron chi connectivity index (χ1n) is 8.37. The Labute approximate surface area is 163 Å². The monoisotopic (exact) mass is 432 g/mol. The fraction of sp³-hybridized carbons (Fsp3) is 0.611. The molecule has 0 aromatic heterocycles. The molecule has 2 heterocycles. The third kappa shape index (κ3) is 4.48. The van der Waals surface area contributed by atoms with Gasteiger partial charge in [-0.3, -0.25) is 4.79 Å². The van der Waals surface area contributed by atoms with E-state index in [1.807, 2.05) is 0 Å². The molecule has 0 radical (unpaired) electrons. The molecule has 3 nitrogen and oxygen atoms in total. The molecule has 0 aliphatic carbocycles. The van der Waals surface area contributed by atoms with Crippen LogP contribution in [0.3, 0.4) is 0 Å². The number of thioether (sulfide) groups is 1. The van der Waals surface area contributed by atoms with Crippen molar-refractivity contribution in [1.82, 2.24) is 10.2 Å². The third-order valence-electron chi connectivity index (χ3n) is 5.32. The molecule has 6 heteroatoms. The number of benzene rings is 1. The number of hydrogen-bond acceptors (Lipinski definition) is 3. The summed E-state index contributed by atoms with van der Waals surface area (Å²) in [5.41, 5.74) is 2.93. The van der Waals surface area contributed by atoms with Gasteiger partial charge in [0.15, 0.2) is 0 Å². The van der Waals surface area contributed by atoms with Gasteiger partial charge in [-0.2, -0.15) is 0 Å². The van der Waals surface area contributed by atoms with Gasteiger partial charge in [0.05, 0.1) is 5.75 Å². The van der Waals surface area contributed by atoms with E-state index < -0.39 is 0 Å². The fourth-order valence-electron chi connectivity index (χ4n) is 3.59. The van der Waals surface area contributed by atoms with E-state index in [0.717, 1.165) is 43.5 Å². The zero-order chi connectivity index (χ0) is 16.4. The highest BCUT2D eigenvalue weighted by Gasteiger charge is 2.37. The first-order chi connectivity index (χ1) is 11.0. The lowest BCUT2D eigenvalue weighted by Gasteiger charge is -2.38. The predicted molar refractivity (Wildman–Crippen MR) is 107 cm³/mol. The molecule has 0 bridgehead atoms. The molecule has 24 heavy (non-hydrogen) atoms. The molecule has 1 N–H and O–H groups in total. The van der Waals surface area contributed by atoms with Crippen LogP contribution >= 0.6 is 40.1 Å². The average molecular weight is 434 g/mol. The highest BCUT2D eigenvalue weighted by Crippen LogP contribution is 2.37. The first kappa shape index (κ1) is 20.1. The van der Waals surface area contributed by atoms with Gasteiger partial charge in [-0.05, 0) is 68.3 Å². The molecule has 1 aromatic rings. The maximum absolute atomic E-state index is 12.5. The van der Waals surface area contributed by atoms with Crippen molar-refractivity contribution in [2.75, 3.05) is 31.9 Å². The summed E-state index contributed by atoms with van der Waals surface area (Å²) in [6.07, 6.45) is 3.60. The van der Waals surface area contributed by atoms with Crippen LogP contribution in [0.4, 0.5) is 0 Å². The Morgan fingerprint density at radius 2 is 1.96 bits per heavy atom. The van der Waals surface area contributed by atoms with Gasteiger partial charge in [-0.1, -0.05) is 15.9 Å². The molecule has 2 saturated heterocycles. The summed E-state index contributed by atoms with van der Waals surface area (Å²) < 4.78 is 1.14. The lowest BCUT2D eigenvalue weighted by molar-refractivity contribution is -0.130. The number of carbonyl (C=O) groups excluding carboxylic acids is 1. The number of amides is 1. The Bertz CT molecular complexity index is 595. The number of rotatable bonds is 3. The number of nitrogens with one attached hydrogen (secondary N) is 1. The van der Waals surface area contributed by atoms with E-state index in [2.05, 4.69) is 52.1 Å². The van der Waals surface area contributed by atoms with Crippen molar-refractivity contribution in [2.45, 2.75) is 38.0 Å². The van der Waals surface area contributed by atoms with E-state index in [9.17, 15) is 4.79 Å². The van der Waals surface area contributed by atoms with Gasteiger partial charge in [-0.15, -0.1) is 24.2 Å². The Balaban J connectivity index is 0.00000208. The zero-order valence-electron chi connectivity index (χ0n) is 14.4. The first-order valence-corrected chi connectivity index (χ1v) is 10.2. The van der Waals surface area contributed by atoms with Gasteiger partial charge in [0, 0.05) is 29.0 Å². The Hall–Kier alpha value is -0.230. The van der Waals surface area contributed by atoms with E-state index >= 15 is 0 Å². The van der Waals surface area contributed by atoms with Gasteiger partial charge >= 0.3 is 0 Å². The van der Waals surface area contributed by atoms with Crippen molar-refractivity contribution in [3.63, 3.8) is 0 Å².